The first-order valence-electron chi connectivity index (χ1n) is 9.24. The molecule has 1 atom stereocenters. The van der Waals surface area contributed by atoms with Gasteiger partial charge in [0.1, 0.15) is 6.54 Å². The number of methoxy groups -OCH3 is 2. The van der Waals surface area contributed by atoms with Crippen molar-refractivity contribution in [1.29, 1.82) is 0 Å². The Balaban J connectivity index is 1.82. The molecular formula is C20H23N3O6. The molecule has 9 nitrogen and oxygen atoms in total. The lowest BCUT2D eigenvalue weighted by molar-refractivity contribution is -0.145. The summed E-state index contributed by atoms with van der Waals surface area (Å²) in [6.45, 7) is 0.386. The van der Waals surface area contributed by atoms with E-state index in [1.807, 2.05) is 0 Å². The van der Waals surface area contributed by atoms with Gasteiger partial charge in [-0.2, -0.15) is 5.10 Å². The van der Waals surface area contributed by atoms with Crippen molar-refractivity contribution < 1.29 is 24.2 Å². The van der Waals surface area contributed by atoms with Crippen LogP contribution in [-0.2, 0) is 16.1 Å². The van der Waals surface area contributed by atoms with E-state index in [1.165, 1.54) is 25.2 Å². The van der Waals surface area contributed by atoms with Crippen LogP contribution in [0.2, 0.25) is 0 Å². The Morgan fingerprint density at radius 2 is 1.93 bits per heavy atom. The number of likely N-dealkylation sites (tertiary alicyclic amines) is 1. The van der Waals surface area contributed by atoms with Gasteiger partial charge in [0, 0.05) is 24.7 Å². The van der Waals surface area contributed by atoms with E-state index >= 15 is 0 Å². The molecule has 1 fully saturated rings. The molecule has 0 bridgehead atoms. The number of carbonyl (C=O) groups excluding carboxylic acids is 1. The first-order chi connectivity index (χ1) is 13.9. The highest BCUT2D eigenvalue weighted by Crippen LogP contribution is 2.31. The number of hydrogen-bond acceptors (Lipinski definition) is 6. The summed E-state index contributed by atoms with van der Waals surface area (Å²) in [5.74, 6) is -0.717. The highest BCUT2D eigenvalue weighted by molar-refractivity contribution is 5.78. The molecule has 2 aromatic rings. The number of ether oxygens (including phenoxy) is 2. The van der Waals surface area contributed by atoms with Gasteiger partial charge >= 0.3 is 5.97 Å². The molecule has 1 amide bonds. The summed E-state index contributed by atoms with van der Waals surface area (Å²) in [6.07, 6.45) is 1.17. The van der Waals surface area contributed by atoms with Gasteiger partial charge in [-0.1, -0.05) is 0 Å². The molecule has 1 saturated heterocycles. The van der Waals surface area contributed by atoms with Gasteiger partial charge in [-0.05, 0) is 37.1 Å². The van der Waals surface area contributed by atoms with E-state index in [-0.39, 0.29) is 19.0 Å². The number of carbonyl (C=O) groups is 2. The number of aromatic nitrogens is 2. The molecule has 29 heavy (non-hydrogen) atoms. The summed E-state index contributed by atoms with van der Waals surface area (Å²) in [5, 5.41) is 13.5. The first kappa shape index (κ1) is 20.4. The van der Waals surface area contributed by atoms with Crippen LogP contribution < -0.4 is 15.0 Å². The zero-order valence-electron chi connectivity index (χ0n) is 16.3. The second-order valence-electron chi connectivity index (χ2n) is 6.80. The maximum atomic E-state index is 12.6. The molecule has 1 aliphatic rings. The molecular weight excluding hydrogens is 378 g/mol. The lowest BCUT2D eigenvalue weighted by atomic mass is 9.98. The van der Waals surface area contributed by atoms with Crippen LogP contribution in [0.3, 0.4) is 0 Å². The maximum Gasteiger partial charge on any atom is 0.308 e. The Labute approximate surface area is 167 Å². The third kappa shape index (κ3) is 4.56. The van der Waals surface area contributed by atoms with Gasteiger partial charge in [0.05, 0.1) is 25.8 Å². The number of benzene rings is 1. The van der Waals surface area contributed by atoms with Gasteiger partial charge in [0.2, 0.25) is 5.91 Å². The smallest absolute Gasteiger partial charge is 0.308 e. The lowest BCUT2D eigenvalue weighted by Crippen LogP contribution is -2.44. The van der Waals surface area contributed by atoms with E-state index in [4.69, 9.17) is 9.47 Å². The van der Waals surface area contributed by atoms with Crippen LogP contribution in [-0.4, -0.2) is 59.0 Å². The average molecular weight is 401 g/mol. The van der Waals surface area contributed by atoms with Crippen molar-refractivity contribution in [3.63, 3.8) is 0 Å². The minimum absolute atomic E-state index is 0.151. The molecule has 9 heteroatoms. The number of rotatable bonds is 6. The molecule has 1 N–H and O–H groups in total. The van der Waals surface area contributed by atoms with Gasteiger partial charge in [-0.3, -0.25) is 14.4 Å². The number of carboxylic acids is 1. The summed E-state index contributed by atoms with van der Waals surface area (Å²) >= 11 is 0. The second kappa shape index (κ2) is 8.76. The number of hydrogen-bond donors (Lipinski definition) is 1. The lowest BCUT2D eigenvalue weighted by Gasteiger charge is -2.30. The van der Waals surface area contributed by atoms with Crippen LogP contribution in [0.15, 0.2) is 35.1 Å². The average Bonchev–Trinajstić information content (AvgIpc) is 2.74. The van der Waals surface area contributed by atoms with Crippen molar-refractivity contribution in [2.45, 2.75) is 19.4 Å². The van der Waals surface area contributed by atoms with Crippen LogP contribution in [0.1, 0.15) is 12.8 Å². The predicted molar refractivity (Wildman–Crippen MR) is 104 cm³/mol. The Morgan fingerprint density at radius 1 is 1.17 bits per heavy atom. The molecule has 0 aliphatic carbocycles. The number of aliphatic carboxylic acids is 1. The molecule has 1 aromatic heterocycles. The van der Waals surface area contributed by atoms with Crippen molar-refractivity contribution >= 4 is 11.9 Å². The van der Waals surface area contributed by atoms with Crippen LogP contribution in [0.4, 0.5) is 0 Å². The van der Waals surface area contributed by atoms with E-state index in [2.05, 4.69) is 5.10 Å². The Bertz CT molecular complexity index is 971. The second-order valence-corrected chi connectivity index (χ2v) is 6.80. The van der Waals surface area contributed by atoms with Gasteiger partial charge in [0.25, 0.3) is 5.56 Å². The minimum atomic E-state index is -0.909. The molecule has 1 aliphatic heterocycles. The topological polar surface area (TPSA) is 111 Å². The Morgan fingerprint density at radius 3 is 2.62 bits per heavy atom. The zero-order chi connectivity index (χ0) is 21.0. The van der Waals surface area contributed by atoms with Crippen LogP contribution >= 0.6 is 0 Å². The van der Waals surface area contributed by atoms with Gasteiger partial charge in [-0.25, -0.2) is 4.68 Å². The first-order valence-corrected chi connectivity index (χ1v) is 9.24. The molecule has 0 spiro atoms. The summed E-state index contributed by atoms with van der Waals surface area (Å²) in [5.41, 5.74) is 0.794. The van der Waals surface area contributed by atoms with Crippen molar-refractivity contribution in [3.8, 4) is 22.8 Å². The largest absolute Gasteiger partial charge is 0.493 e. The quantitative estimate of drug-likeness (QED) is 0.775. The molecule has 1 aromatic carbocycles. The van der Waals surface area contributed by atoms with E-state index < -0.39 is 17.4 Å². The summed E-state index contributed by atoms with van der Waals surface area (Å²) in [4.78, 5) is 37.5. The van der Waals surface area contributed by atoms with Crippen LogP contribution in [0, 0.1) is 5.92 Å². The van der Waals surface area contributed by atoms with Crippen molar-refractivity contribution in [2.24, 2.45) is 5.92 Å². The fourth-order valence-electron chi connectivity index (χ4n) is 3.35. The molecule has 2 heterocycles. The third-order valence-electron chi connectivity index (χ3n) is 4.95. The number of nitrogens with zero attached hydrogens (tertiary/aromatic N) is 3. The van der Waals surface area contributed by atoms with Crippen LogP contribution in [0.5, 0.6) is 11.5 Å². The summed E-state index contributed by atoms with van der Waals surface area (Å²) in [7, 11) is 3.06. The van der Waals surface area contributed by atoms with Gasteiger partial charge < -0.3 is 19.5 Å². The standard InChI is InChI=1S/C20H23N3O6/c1-28-16-7-5-13(10-17(16)29-2)15-6-8-18(24)23(21-15)12-19(25)22-9-3-4-14(11-22)20(26)27/h5-8,10,14H,3-4,9,11-12H2,1-2H3,(H,26,27). The molecule has 1 unspecified atom stereocenters. The maximum absolute atomic E-state index is 12.6. The summed E-state index contributed by atoms with van der Waals surface area (Å²) < 4.78 is 11.6. The molecule has 154 valence electrons. The van der Waals surface area contributed by atoms with E-state index in [9.17, 15) is 19.5 Å². The number of piperidine rings is 1. The van der Waals surface area contributed by atoms with E-state index in [0.29, 0.717) is 42.1 Å². The Kier molecular flexibility index (Phi) is 6.16. The normalized spacial score (nSPS) is 16.3. The number of carboxylic acid groups (broad SMARTS) is 1. The molecule has 0 saturated carbocycles. The zero-order valence-corrected chi connectivity index (χ0v) is 16.3. The van der Waals surface area contributed by atoms with Crippen molar-refractivity contribution in [2.75, 3.05) is 27.3 Å². The minimum Gasteiger partial charge on any atom is -0.493 e. The Hall–Kier alpha value is -3.36. The highest BCUT2D eigenvalue weighted by atomic mass is 16.5. The highest BCUT2D eigenvalue weighted by Gasteiger charge is 2.28. The predicted octanol–water partition coefficient (Wildman–Crippen LogP) is 1.25. The van der Waals surface area contributed by atoms with Gasteiger partial charge in [0.15, 0.2) is 11.5 Å². The number of amides is 1. The fraction of sp³-hybridized carbons (Fsp3) is 0.400. The SMILES string of the molecule is COc1ccc(-c2ccc(=O)n(CC(=O)N3CCCC(C(=O)O)C3)n2)cc1OC. The fourth-order valence-corrected chi connectivity index (χ4v) is 3.35. The van der Waals surface area contributed by atoms with E-state index in [0.717, 1.165) is 4.68 Å². The monoisotopic (exact) mass is 401 g/mol. The summed E-state index contributed by atoms with van der Waals surface area (Å²) in [6, 6.07) is 8.17. The van der Waals surface area contributed by atoms with E-state index in [1.54, 1.807) is 24.3 Å². The van der Waals surface area contributed by atoms with Crippen molar-refractivity contribution in [3.05, 3.63) is 40.7 Å². The third-order valence-corrected chi connectivity index (χ3v) is 4.95. The van der Waals surface area contributed by atoms with Crippen molar-refractivity contribution in [1.82, 2.24) is 14.7 Å². The van der Waals surface area contributed by atoms with Crippen LogP contribution in [0.25, 0.3) is 11.3 Å². The molecule has 0 radical (unpaired) electrons. The molecule has 3 rings (SSSR count). The van der Waals surface area contributed by atoms with Gasteiger partial charge in [-0.15, -0.1) is 0 Å².